The molecule has 0 saturated carbocycles. The van der Waals surface area contributed by atoms with Crippen LogP contribution in [0.15, 0.2) is 22.8 Å². The first-order valence-electron chi connectivity index (χ1n) is 7.37. The van der Waals surface area contributed by atoms with E-state index in [0.29, 0.717) is 6.54 Å². The van der Waals surface area contributed by atoms with Crippen molar-refractivity contribution in [1.82, 2.24) is 20.2 Å². The van der Waals surface area contributed by atoms with Crippen LogP contribution >= 0.6 is 0 Å². The topological polar surface area (TPSA) is 67.1 Å². The lowest BCUT2D eigenvalue weighted by Crippen LogP contribution is -2.15. The largest absolute Gasteiger partial charge is 0.364 e. The molecule has 21 heavy (non-hydrogen) atoms. The standard InChI is InChI=1S/C15H21N5O/c1-11-14(19-21-18-11)9-16-15-5-3-4-13(17-15)8-12-6-7-20(2)10-12/h3-5,12H,6-10H2,1-2H3,(H,16,17). The molecular weight excluding hydrogens is 266 g/mol. The van der Waals surface area contributed by atoms with Crippen LogP contribution in [0.5, 0.6) is 0 Å². The van der Waals surface area contributed by atoms with Crippen molar-refractivity contribution in [1.29, 1.82) is 0 Å². The van der Waals surface area contributed by atoms with E-state index in [4.69, 9.17) is 4.63 Å². The van der Waals surface area contributed by atoms with Gasteiger partial charge in [0, 0.05) is 12.2 Å². The van der Waals surface area contributed by atoms with Crippen molar-refractivity contribution in [3.8, 4) is 0 Å². The Balaban J connectivity index is 1.59. The van der Waals surface area contributed by atoms with Crippen LogP contribution < -0.4 is 5.32 Å². The monoisotopic (exact) mass is 287 g/mol. The SMILES string of the molecule is Cc1nonc1CNc1cccc(CC2CCN(C)C2)n1. The highest BCUT2D eigenvalue weighted by molar-refractivity contribution is 5.36. The highest BCUT2D eigenvalue weighted by atomic mass is 16.6. The zero-order valence-electron chi connectivity index (χ0n) is 12.5. The van der Waals surface area contributed by atoms with Crippen molar-refractivity contribution in [3.05, 3.63) is 35.3 Å². The first kappa shape index (κ1) is 14.0. The molecule has 1 fully saturated rings. The fourth-order valence-electron chi connectivity index (χ4n) is 2.76. The minimum atomic E-state index is 0.581. The molecule has 112 valence electrons. The average Bonchev–Trinajstić information content (AvgIpc) is 3.06. The summed E-state index contributed by atoms with van der Waals surface area (Å²) in [6.45, 7) is 4.83. The van der Waals surface area contributed by atoms with Gasteiger partial charge in [0.25, 0.3) is 0 Å². The number of nitrogens with one attached hydrogen (secondary N) is 1. The van der Waals surface area contributed by atoms with Crippen LogP contribution in [0.4, 0.5) is 5.82 Å². The molecule has 3 heterocycles. The van der Waals surface area contributed by atoms with Crippen LogP contribution in [0.3, 0.4) is 0 Å². The summed E-state index contributed by atoms with van der Waals surface area (Å²) in [5, 5.41) is 10.9. The lowest BCUT2D eigenvalue weighted by atomic mass is 10.0. The quantitative estimate of drug-likeness (QED) is 0.905. The van der Waals surface area contributed by atoms with Gasteiger partial charge in [0.15, 0.2) is 0 Å². The smallest absolute Gasteiger partial charge is 0.127 e. The normalized spacial score (nSPS) is 19.0. The Morgan fingerprint density at radius 2 is 2.29 bits per heavy atom. The molecule has 1 aliphatic heterocycles. The van der Waals surface area contributed by atoms with Crippen molar-refractivity contribution < 1.29 is 4.63 Å². The van der Waals surface area contributed by atoms with Gasteiger partial charge >= 0.3 is 0 Å². The molecule has 1 aliphatic rings. The third kappa shape index (κ3) is 3.58. The van der Waals surface area contributed by atoms with Crippen molar-refractivity contribution in [2.24, 2.45) is 5.92 Å². The van der Waals surface area contributed by atoms with Crippen molar-refractivity contribution in [2.45, 2.75) is 26.3 Å². The molecule has 1 N–H and O–H groups in total. The Bertz CT molecular complexity index is 597. The molecule has 2 aromatic rings. The molecule has 0 bridgehead atoms. The van der Waals surface area contributed by atoms with Crippen LogP contribution in [0, 0.1) is 12.8 Å². The van der Waals surface area contributed by atoms with Crippen LogP contribution in [-0.2, 0) is 13.0 Å². The summed E-state index contributed by atoms with van der Waals surface area (Å²) in [5.74, 6) is 1.60. The van der Waals surface area contributed by atoms with Crippen molar-refractivity contribution in [3.63, 3.8) is 0 Å². The lowest BCUT2D eigenvalue weighted by Gasteiger charge is -2.11. The maximum Gasteiger partial charge on any atom is 0.127 e. The summed E-state index contributed by atoms with van der Waals surface area (Å²) in [7, 11) is 2.18. The minimum Gasteiger partial charge on any atom is -0.364 e. The van der Waals surface area contributed by atoms with E-state index in [1.54, 1.807) is 0 Å². The van der Waals surface area contributed by atoms with E-state index in [0.717, 1.165) is 35.2 Å². The lowest BCUT2D eigenvalue weighted by molar-refractivity contribution is 0.301. The fourth-order valence-corrected chi connectivity index (χ4v) is 2.76. The molecule has 0 radical (unpaired) electrons. The Hall–Kier alpha value is -1.95. The van der Waals surface area contributed by atoms with Gasteiger partial charge in [-0.05, 0) is 51.4 Å². The van der Waals surface area contributed by atoms with E-state index < -0.39 is 0 Å². The molecule has 6 nitrogen and oxygen atoms in total. The molecule has 2 aromatic heterocycles. The maximum atomic E-state index is 4.69. The summed E-state index contributed by atoms with van der Waals surface area (Å²) in [4.78, 5) is 7.06. The third-order valence-corrected chi connectivity index (χ3v) is 3.98. The van der Waals surface area contributed by atoms with Crippen LogP contribution in [0.2, 0.25) is 0 Å². The molecule has 0 aromatic carbocycles. The minimum absolute atomic E-state index is 0.581. The van der Waals surface area contributed by atoms with E-state index in [1.165, 1.54) is 19.5 Å². The van der Waals surface area contributed by atoms with Crippen molar-refractivity contribution in [2.75, 3.05) is 25.5 Å². The van der Waals surface area contributed by atoms with Gasteiger partial charge in [0.05, 0.1) is 6.54 Å². The summed E-state index contributed by atoms with van der Waals surface area (Å²) < 4.78 is 4.69. The molecule has 0 aliphatic carbocycles. The second-order valence-corrected chi connectivity index (χ2v) is 5.79. The van der Waals surface area contributed by atoms with Gasteiger partial charge in [-0.15, -0.1) is 0 Å². The molecule has 0 amide bonds. The Morgan fingerprint density at radius 1 is 1.38 bits per heavy atom. The van der Waals surface area contributed by atoms with Gasteiger partial charge in [-0.2, -0.15) is 0 Å². The van der Waals surface area contributed by atoms with Gasteiger partial charge in [0.1, 0.15) is 17.2 Å². The number of nitrogens with zero attached hydrogens (tertiary/aromatic N) is 4. The molecular formula is C15H21N5O. The summed E-state index contributed by atoms with van der Waals surface area (Å²) in [6, 6.07) is 6.14. The van der Waals surface area contributed by atoms with Gasteiger partial charge in [-0.1, -0.05) is 16.4 Å². The predicted molar refractivity (Wildman–Crippen MR) is 79.9 cm³/mol. The van der Waals surface area contributed by atoms with Crippen LogP contribution in [-0.4, -0.2) is 40.3 Å². The van der Waals surface area contributed by atoms with Gasteiger partial charge in [-0.25, -0.2) is 9.61 Å². The Labute approximate surface area is 124 Å². The number of anilines is 1. The summed E-state index contributed by atoms with van der Waals surface area (Å²) in [6.07, 6.45) is 2.31. The average molecular weight is 287 g/mol. The van der Waals surface area contributed by atoms with E-state index in [-0.39, 0.29) is 0 Å². The van der Waals surface area contributed by atoms with Crippen LogP contribution in [0.25, 0.3) is 0 Å². The first-order valence-corrected chi connectivity index (χ1v) is 7.37. The highest BCUT2D eigenvalue weighted by Crippen LogP contribution is 2.19. The number of rotatable bonds is 5. The first-order chi connectivity index (χ1) is 10.2. The maximum absolute atomic E-state index is 4.69. The van der Waals surface area contributed by atoms with E-state index >= 15 is 0 Å². The van der Waals surface area contributed by atoms with Gasteiger partial charge in [0.2, 0.25) is 0 Å². The number of hydrogen-bond acceptors (Lipinski definition) is 6. The highest BCUT2D eigenvalue weighted by Gasteiger charge is 2.20. The summed E-state index contributed by atoms with van der Waals surface area (Å²) >= 11 is 0. The van der Waals surface area contributed by atoms with Crippen molar-refractivity contribution >= 4 is 5.82 Å². The predicted octanol–water partition coefficient (Wildman–Crippen LogP) is 1.88. The molecule has 3 rings (SSSR count). The van der Waals surface area contributed by atoms with Crippen LogP contribution in [0.1, 0.15) is 23.5 Å². The number of aromatic nitrogens is 3. The molecule has 1 saturated heterocycles. The zero-order chi connectivity index (χ0) is 14.7. The molecule has 1 unspecified atom stereocenters. The van der Waals surface area contributed by atoms with Gasteiger partial charge < -0.3 is 10.2 Å². The Morgan fingerprint density at radius 3 is 3.00 bits per heavy atom. The zero-order valence-corrected chi connectivity index (χ0v) is 12.5. The number of hydrogen-bond donors (Lipinski definition) is 1. The van der Waals surface area contributed by atoms with E-state index in [9.17, 15) is 0 Å². The third-order valence-electron chi connectivity index (χ3n) is 3.98. The van der Waals surface area contributed by atoms with E-state index in [1.807, 2.05) is 13.0 Å². The van der Waals surface area contributed by atoms with Gasteiger partial charge in [-0.3, -0.25) is 0 Å². The fraction of sp³-hybridized carbons (Fsp3) is 0.533. The Kier molecular flexibility index (Phi) is 4.15. The summed E-state index contributed by atoms with van der Waals surface area (Å²) in [5.41, 5.74) is 2.78. The molecule has 1 atom stereocenters. The molecule has 0 spiro atoms. The number of likely N-dealkylation sites (tertiary alicyclic amines) is 1. The van der Waals surface area contributed by atoms with E-state index in [2.05, 4.69) is 44.7 Å². The second-order valence-electron chi connectivity index (χ2n) is 5.79. The second kappa shape index (κ2) is 6.22. The molecule has 6 heteroatoms. The number of pyridine rings is 1. The number of aryl methyl sites for hydroxylation is 1.